The van der Waals surface area contributed by atoms with Crippen molar-refractivity contribution in [2.24, 2.45) is 0 Å². The second-order valence-electron chi connectivity index (χ2n) is 7.93. The molecule has 0 radical (unpaired) electrons. The summed E-state index contributed by atoms with van der Waals surface area (Å²) in [7, 11) is 0. The average molecular weight is 407 g/mol. The van der Waals surface area contributed by atoms with Crippen molar-refractivity contribution >= 4 is 35.9 Å². The molecule has 1 saturated carbocycles. The maximum Gasteiger partial charge on any atom is 0.325 e. The van der Waals surface area contributed by atoms with E-state index in [-0.39, 0.29) is 36.8 Å². The van der Waals surface area contributed by atoms with Crippen LogP contribution in [0.15, 0.2) is 18.2 Å². The molecule has 1 spiro atoms. The number of hydrogen-bond donors (Lipinski definition) is 3. The topological polar surface area (TPSA) is 105 Å². The third kappa shape index (κ3) is 3.68. The van der Waals surface area contributed by atoms with Crippen LogP contribution in [0.5, 0.6) is 0 Å². The molecular formula is C20H27ClN4O3. The Morgan fingerprint density at radius 1 is 1.21 bits per heavy atom. The van der Waals surface area contributed by atoms with Gasteiger partial charge in [-0.15, -0.1) is 12.4 Å². The Bertz CT molecular complexity index is 792. The Labute approximate surface area is 170 Å². The standard InChI is InChI=1S/C20H26N4O3.ClH/c21-14-7-8-15-13(11-14)5-4-6-16(15)22-17(25)12-24-18(26)20(23-19(24)27)9-2-1-3-10-20;/h7-8,11,16H,1-6,9-10,12,21H2,(H,22,25)(H,23,27);1H. The van der Waals surface area contributed by atoms with E-state index >= 15 is 0 Å². The van der Waals surface area contributed by atoms with Crippen molar-refractivity contribution in [3.05, 3.63) is 29.3 Å². The van der Waals surface area contributed by atoms with Crippen molar-refractivity contribution in [2.45, 2.75) is 62.9 Å². The Balaban J connectivity index is 0.00000225. The van der Waals surface area contributed by atoms with E-state index in [0.717, 1.165) is 60.2 Å². The molecule has 7 nitrogen and oxygen atoms in total. The Morgan fingerprint density at radius 2 is 1.96 bits per heavy atom. The lowest BCUT2D eigenvalue weighted by molar-refractivity contribution is -0.136. The summed E-state index contributed by atoms with van der Waals surface area (Å²) < 4.78 is 0. The monoisotopic (exact) mass is 406 g/mol. The molecule has 28 heavy (non-hydrogen) atoms. The first-order valence-electron chi connectivity index (χ1n) is 9.80. The lowest BCUT2D eigenvalue weighted by Crippen LogP contribution is -2.49. The average Bonchev–Trinajstić information content (AvgIpc) is 2.86. The van der Waals surface area contributed by atoms with E-state index in [4.69, 9.17) is 5.73 Å². The number of urea groups is 1. The van der Waals surface area contributed by atoms with Crippen LogP contribution in [0.2, 0.25) is 0 Å². The summed E-state index contributed by atoms with van der Waals surface area (Å²) in [6, 6.07) is 5.20. The number of nitrogens with one attached hydrogen (secondary N) is 2. The van der Waals surface area contributed by atoms with E-state index in [1.807, 2.05) is 18.2 Å². The molecule has 8 heteroatoms. The van der Waals surface area contributed by atoms with E-state index < -0.39 is 11.6 Å². The third-order valence-electron chi connectivity index (χ3n) is 6.07. The van der Waals surface area contributed by atoms with E-state index in [1.165, 1.54) is 0 Å². The zero-order valence-electron chi connectivity index (χ0n) is 15.8. The number of fused-ring (bicyclic) bond motifs is 1. The number of carbonyl (C=O) groups excluding carboxylic acids is 3. The molecular weight excluding hydrogens is 380 g/mol. The molecule has 4 amide bonds. The van der Waals surface area contributed by atoms with E-state index in [9.17, 15) is 14.4 Å². The second kappa shape index (κ2) is 7.99. The smallest absolute Gasteiger partial charge is 0.325 e. The van der Waals surface area contributed by atoms with Crippen LogP contribution in [0, 0.1) is 0 Å². The molecule has 1 atom stereocenters. The molecule has 1 unspecified atom stereocenters. The molecule has 1 saturated heterocycles. The largest absolute Gasteiger partial charge is 0.399 e. The quantitative estimate of drug-likeness (QED) is 0.529. The molecule has 0 aromatic heterocycles. The Hall–Kier alpha value is -2.28. The van der Waals surface area contributed by atoms with Crippen molar-refractivity contribution in [1.82, 2.24) is 15.5 Å². The number of rotatable bonds is 3. The van der Waals surface area contributed by atoms with Gasteiger partial charge in [-0.3, -0.25) is 14.5 Å². The fourth-order valence-corrected chi connectivity index (χ4v) is 4.68. The molecule has 3 aliphatic rings. The van der Waals surface area contributed by atoms with Gasteiger partial charge in [0, 0.05) is 5.69 Å². The van der Waals surface area contributed by atoms with Gasteiger partial charge in [-0.2, -0.15) is 0 Å². The van der Waals surface area contributed by atoms with Gasteiger partial charge in [0.15, 0.2) is 0 Å². The third-order valence-corrected chi connectivity index (χ3v) is 6.07. The molecule has 2 fully saturated rings. The molecule has 2 aliphatic carbocycles. The number of nitrogens with zero attached hydrogens (tertiary/aromatic N) is 1. The number of nitrogen functional groups attached to an aromatic ring is 1. The highest BCUT2D eigenvalue weighted by Gasteiger charge is 2.51. The van der Waals surface area contributed by atoms with Gasteiger partial charge < -0.3 is 16.4 Å². The first kappa shape index (κ1) is 20.5. The predicted molar refractivity (Wildman–Crippen MR) is 108 cm³/mol. The molecule has 152 valence electrons. The SMILES string of the molecule is Cl.Nc1ccc2c(c1)CCCC2NC(=O)CN1C(=O)NC2(CCCCC2)C1=O. The molecule has 1 aliphatic heterocycles. The van der Waals surface area contributed by atoms with Gasteiger partial charge in [-0.1, -0.05) is 25.3 Å². The summed E-state index contributed by atoms with van der Waals surface area (Å²) in [6.07, 6.45) is 7.00. The summed E-state index contributed by atoms with van der Waals surface area (Å²) in [5, 5.41) is 5.84. The number of hydrogen-bond acceptors (Lipinski definition) is 4. The summed E-state index contributed by atoms with van der Waals surface area (Å²) in [4.78, 5) is 38.8. The van der Waals surface area contributed by atoms with Gasteiger partial charge in [0.1, 0.15) is 12.1 Å². The Morgan fingerprint density at radius 3 is 2.71 bits per heavy atom. The zero-order chi connectivity index (χ0) is 19.0. The fourth-order valence-electron chi connectivity index (χ4n) is 4.68. The van der Waals surface area contributed by atoms with E-state index in [2.05, 4.69) is 10.6 Å². The molecule has 1 aromatic carbocycles. The van der Waals surface area contributed by atoms with Crippen LogP contribution in [-0.2, 0) is 16.0 Å². The fraction of sp³-hybridized carbons (Fsp3) is 0.550. The van der Waals surface area contributed by atoms with Crippen LogP contribution in [0.1, 0.15) is 62.1 Å². The van der Waals surface area contributed by atoms with Crippen molar-refractivity contribution in [2.75, 3.05) is 12.3 Å². The minimum atomic E-state index is -0.787. The summed E-state index contributed by atoms with van der Waals surface area (Å²) in [5.74, 6) is -0.555. The summed E-state index contributed by atoms with van der Waals surface area (Å²) >= 11 is 0. The van der Waals surface area contributed by atoms with Gasteiger partial charge in [-0.05, 0) is 55.4 Å². The lowest BCUT2D eigenvalue weighted by atomic mass is 9.82. The van der Waals surface area contributed by atoms with Gasteiger partial charge in [-0.25, -0.2) is 4.79 Å². The van der Waals surface area contributed by atoms with Crippen molar-refractivity contribution in [3.8, 4) is 0 Å². The normalized spacial score (nSPS) is 23.0. The van der Waals surface area contributed by atoms with Crippen LogP contribution < -0.4 is 16.4 Å². The number of amides is 4. The number of imide groups is 1. The number of benzene rings is 1. The number of carbonyl (C=O) groups is 3. The number of halogens is 1. The van der Waals surface area contributed by atoms with Crippen LogP contribution in [0.4, 0.5) is 10.5 Å². The van der Waals surface area contributed by atoms with Crippen molar-refractivity contribution in [3.63, 3.8) is 0 Å². The van der Waals surface area contributed by atoms with Gasteiger partial charge >= 0.3 is 6.03 Å². The zero-order valence-corrected chi connectivity index (χ0v) is 16.6. The van der Waals surface area contributed by atoms with Crippen LogP contribution >= 0.6 is 12.4 Å². The van der Waals surface area contributed by atoms with Crippen molar-refractivity contribution in [1.29, 1.82) is 0 Å². The van der Waals surface area contributed by atoms with Crippen LogP contribution in [0.25, 0.3) is 0 Å². The van der Waals surface area contributed by atoms with Crippen LogP contribution in [-0.4, -0.2) is 34.8 Å². The molecule has 0 bridgehead atoms. The van der Waals surface area contributed by atoms with Gasteiger partial charge in [0.25, 0.3) is 5.91 Å². The molecule has 4 N–H and O–H groups in total. The minimum absolute atomic E-state index is 0. The molecule has 1 heterocycles. The minimum Gasteiger partial charge on any atom is -0.399 e. The molecule has 4 rings (SSSR count). The Kier molecular flexibility index (Phi) is 5.84. The predicted octanol–water partition coefficient (Wildman–Crippen LogP) is 2.44. The molecule has 1 aromatic rings. The van der Waals surface area contributed by atoms with E-state index in [1.54, 1.807) is 0 Å². The van der Waals surface area contributed by atoms with Gasteiger partial charge in [0.2, 0.25) is 5.91 Å². The van der Waals surface area contributed by atoms with E-state index in [0.29, 0.717) is 12.8 Å². The highest BCUT2D eigenvalue weighted by Crippen LogP contribution is 2.34. The second-order valence-corrected chi connectivity index (χ2v) is 7.93. The number of aryl methyl sites for hydroxylation is 1. The lowest BCUT2D eigenvalue weighted by Gasteiger charge is -2.30. The maximum atomic E-state index is 12.8. The van der Waals surface area contributed by atoms with Crippen LogP contribution in [0.3, 0.4) is 0 Å². The highest BCUT2D eigenvalue weighted by molar-refractivity contribution is 6.09. The van der Waals surface area contributed by atoms with Gasteiger partial charge in [0.05, 0.1) is 6.04 Å². The van der Waals surface area contributed by atoms with Crippen molar-refractivity contribution < 1.29 is 14.4 Å². The first-order valence-corrected chi connectivity index (χ1v) is 9.80. The number of nitrogens with two attached hydrogens (primary N) is 1. The number of anilines is 1. The highest BCUT2D eigenvalue weighted by atomic mass is 35.5. The summed E-state index contributed by atoms with van der Waals surface area (Å²) in [5.41, 5.74) is 8.02. The summed E-state index contributed by atoms with van der Waals surface area (Å²) in [6.45, 7) is -0.229. The maximum absolute atomic E-state index is 12.8. The first-order chi connectivity index (χ1) is 13.0.